The molecule has 29 heavy (non-hydrogen) atoms. The van der Waals surface area contributed by atoms with Gasteiger partial charge >= 0.3 is 0 Å². The van der Waals surface area contributed by atoms with Gasteiger partial charge in [0.05, 0.1) is 0 Å². The Bertz CT molecular complexity index is 750. The second-order valence-corrected chi connectivity index (χ2v) is 9.18. The Hall–Kier alpha value is -2.04. The summed E-state index contributed by atoms with van der Waals surface area (Å²) in [6, 6.07) is 6.68. The summed E-state index contributed by atoms with van der Waals surface area (Å²) in [5, 5.41) is 0. The van der Waals surface area contributed by atoms with Gasteiger partial charge in [0.15, 0.2) is 0 Å². The molecule has 2 aliphatic rings. The molecule has 1 unspecified atom stereocenters. The highest BCUT2D eigenvalue weighted by Crippen LogP contribution is 2.30. The van der Waals surface area contributed by atoms with Crippen molar-refractivity contribution in [2.24, 2.45) is 5.41 Å². The third-order valence-corrected chi connectivity index (χ3v) is 6.91. The van der Waals surface area contributed by atoms with Crippen LogP contribution in [-0.4, -0.2) is 60.4 Å². The normalized spacial score (nSPS) is 20.7. The number of amides is 2. The third kappa shape index (κ3) is 4.29. The average molecular weight is 400 g/mol. The second kappa shape index (κ2) is 8.76. The highest BCUT2D eigenvalue weighted by Gasteiger charge is 2.44. The molecule has 0 bridgehead atoms. The largest absolute Gasteiger partial charge is 0.368 e. The summed E-state index contributed by atoms with van der Waals surface area (Å²) < 4.78 is 0. The van der Waals surface area contributed by atoms with Crippen molar-refractivity contribution in [2.45, 2.75) is 66.3 Å². The van der Waals surface area contributed by atoms with E-state index in [1.54, 1.807) is 0 Å². The van der Waals surface area contributed by atoms with Crippen molar-refractivity contribution in [2.75, 3.05) is 37.6 Å². The van der Waals surface area contributed by atoms with E-state index in [9.17, 15) is 9.59 Å². The Morgan fingerprint density at radius 3 is 2.34 bits per heavy atom. The number of benzene rings is 1. The first-order chi connectivity index (χ1) is 13.8. The zero-order chi connectivity index (χ0) is 21.2. The van der Waals surface area contributed by atoms with E-state index in [1.807, 2.05) is 23.6 Å². The van der Waals surface area contributed by atoms with E-state index < -0.39 is 5.41 Å². The zero-order valence-electron chi connectivity index (χ0n) is 18.8. The number of carbonyl (C=O) groups excluding carboxylic acids is 2. The highest BCUT2D eigenvalue weighted by atomic mass is 16.2. The lowest BCUT2D eigenvalue weighted by Crippen LogP contribution is -2.57. The van der Waals surface area contributed by atoms with Crippen LogP contribution in [0.5, 0.6) is 0 Å². The molecule has 5 nitrogen and oxygen atoms in total. The van der Waals surface area contributed by atoms with Gasteiger partial charge in [0, 0.05) is 44.5 Å². The molecule has 0 aliphatic carbocycles. The van der Waals surface area contributed by atoms with Crippen LogP contribution >= 0.6 is 0 Å². The minimum Gasteiger partial charge on any atom is -0.368 e. The molecule has 0 spiro atoms. The minimum absolute atomic E-state index is 0.00556. The molecule has 2 heterocycles. The number of anilines is 1. The van der Waals surface area contributed by atoms with Crippen LogP contribution in [0.1, 0.15) is 57.6 Å². The first-order valence-corrected chi connectivity index (χ1v) is 11.2. The van der Waals surface area contributed by atoms with Gasteiger partial charge < -0.3 is 14.7 Å². The van der Waals surface area contributed by atoms with Crippen LogP contribution in [0.2, 0.25) is 0 Å². The fraction of sp³-hybridized carbons (Fsp3) is 0.667. The SMILES string of the molecule is CCC1CCCCN1C(=O)C(C)(C)C(=O)N1CCN(c2cccc(C)c2C)CC1. The zero-order valence-corrected chi connectivity index (χ0v) is 18.8. The second-order valence-electron chi connectivity index (χ2n) is 9.18. The lowest BCUT2D eigenvalue weighted by Gasteiger charge is -2.43. The first-order valence-electron chi connectivity index (χ1n) is 11.2. The molecular formula is C24H37N3O2. The van der Waals surface area contributed by atoms with Crippen molar-refractivity contribution in [1.82, 2.24) is 9.80 Å². The number of piperazine rings is 1. The van der Waals surface area contributed by atoms with Crippen LogP contribution in [-0.2, 0) is 9.59 Å². The van der Waals surface area contributed by atoms with E-state index in [-0.39, 0.29) is 17.9 Å². The standard InChI is InChI=1S/C24H37N3O2/c1-6-20-11-7-8-13-27(20)23(29)24(4,5)22(28)26-16-14-25(15-17-26)21-12-9-10-18(2)19(21)3/h9-10,12,20H,6-8,11,13-17H2,1-5H3. The van der Waals surface area contributed by atoms with Crippen LogP contribution in [0.15, 0.2) is 18.2 Å². The highest BCUT2D eigenvalue weighted by molar-refractivity contribution is 6.04. The van der Waals surface area contributed by atoms with Gasteiger partial charge in [-0.1, -0.05) is 19.1 Å². The minimum atomic E-state index is -0.994. The summed E-state index contributed by atoms with van der Waals surface area (Å²) in [5.74, 6) is -0.0189. The topological polar surface area (TPSA) is 43.9 Å². The number of aryl methyl sites for hydroxylation is 1. The van der Waals surface area contributed by atoms with Crippen molar-refractivity contribution >= 4 is 17.5 Å². The van der Waals surface area contributed by atoms with Crippen LogP contribution < -0.4 is 4.90 Å². The number of hydrogen-bond donors (Lipinski definition) is 0. The molecule has 2 fully saturated rings. The molecule has 0 N–H and O–H groups in total. The van der Waals surface area contributed by atoms with Gasteiger partial charge in [0.1, 0.15) is 5.41 Å². The summed E-state index contributed by atoms with van der Waals surface area (Å²) in [4.78, 5) is 32.9. The van der Waals surface area contributed by atoms with Crippen LogP contribution in [0, 0.1) is 19.3 Å². The molecule has 0 radical (unpaired) electrons. The Morgan fingerprint density at radius 2 is 1.69 bits per heavy atom. The van der Waals surface area contributed by atoms with Crippen LogP contribution in [0.25, 0.3) is 0 Å². The van der Waals surface area contributed by atoms with E-state index in [1.165, 1.54) is 23.2 Å². The molecule has 0 aromatic heterocycles. The third-order valence-electron chi connectivity index (χ3n) is 6.91. The quantitative estimate of drug-likeness (QED) is 0.724. The fourth-order valence-electron chi connectivity index (χ4n) is 4.77. The Balaban J connectivity index is 1.66. The van der Waals surface area contributed by atoms with Crippen LogP contribution in [0.3, 0.4) is 0 Å². The summed E-state index contributed by atoms with van der Waals surface area (Å²) >= 11 is 0. The number of likely N-dealkylation sites (tertiary alicyclic amines) is 1. The van der Waals surface area contributed by atoms with E-state index in [0.717, 1.165) is 38.9 Å². The summed E-state index contributed by atoms with van der Waals surface area (Å²) in [6.07, 6.45) is 4.24. The van der Waals surface area contributed by atoms with Crippen molar-refractivity contribution in [1.29, 1.82) is 0 Å². The smallest absolute Gasteiger partial charge is 0.237 e. The average Bonchev–Trinajstić information content (AvgIpc) is 2.74. The molecule has 160 valence electrons. The first kappa shape index (κ1) is 21.7. The van der Waals surface area contributed by atoms with Gasteiger partial charge in [0.25, 0.3) is 0 Å². The molecule has 5 heteroatoms. The predicted molar refractivity (Wildman–Crippen MR) is 118 cm³/mol. The van der Waals surface area contributed by atoms with E-state index in [4.69, 9.17) is 0 Å². The Kier molecular flexibility index (Phi) is 6.55. The molecule has 0 saturated carbocycles. The van der Waals surface area contributed by atoms with Gasteiger partial charge in [-0.3, -0.25) is 9.59 Å². The maximum absolute atomic E-state index is 13.3. The summed E-state index contributed by atoms with van der Waals surface area (Å²) in [7, 11) is 0. The van der Waals surface area contributed by atoms with E-state index in [2.05, 4.69) is 43.9 Å². The van der Waals surface area contributed by atoms with Crippen LogP contribution in [0.4, 0.5) is 5.69 Å². The maximum atomic E-state index is 13.3. The molecule has 3 rings (SSSR count). The van der Waals surface area contributed by atoms with E-state index >= 15 is 0 Å². The maximum Gasteiger partial charge on any atom is 0.237 e. The van der Waals surface area contributed by atoms with Gasteiger partial charge in [-0.15, -0.1) is 0 Å². The van der Waals surface area contributed by atoms with Gasteiger partial charge in [-0.2, -0.15) is 0 Å². The lowest BCUT2D eigenvalue weighted by molar-refractivity contribution is -0.156. The van der Waals surface area contributed by atoms with Gasteiger partial charge in [0.2, 0.25) is 11.8 Å². The molecule has 2 saturated heterocycles. The van der Waals surface area contributed by atoms with Crippen molar-refractivity contribution in [3.63, 3.8) is 0 Å². The lowest BCUT2D eigenvalue weighted by atomic mass is 9.86. The Morgan fingerprint density at radius 1 is 1.00 bits per heavy atom. The fourth-order valence-corrected chi connectivity index (χ4v) is 4.77. The monoisotopic (exact) mass is 399 g/mol. The van der Waals surface area contributed by atoms with Gasteiger partial charge in [-0.05, 0) is 70.6 Å². The number of rotatable bonds is 4. The van der Waals surface area contributed by atoms with Crippen molar-refractivity contribution in [3.05, 3.63) is 29.3 Å². The number of piperidine rings is 1. The number of carbonyl (C=O) groups is 2. The number of hydrogen-bond acceptors (Lipinski definition) is 3. The van der Waals surface area contributed by atoms with Gasteiger partial charge in [-0.25, -0.2) is 0 Å². The Labute approximate surface area is 176 Å². The molecule has 1 aromatic rings. The molecule has 1 atom stereocenters. The summed E-state index contributed by atoms with van der Waals surface area (Å²) in [5.41, 5.74) is 2.86. The molecule has 2 amide bonds. The number of nitrogens with zero attached hydrogens (tertiary/aromatic N) is 3. The van der Waals surface area contributed by atoms with E-state index in [0.29, 0.717) is 13.1 Å². The van der Waals surface area contributed by atoms with Crippen molar-refractivity contribution in [3.8, 4) is 0 Å². The van der Waals surface area contributed by atoms with Crippen molar-refractivity contribution < 1.29 is 9.59 Å². The summed E-state index contributed by atoms with van der Waals surface area (Å²) in [6.45, 7) is 13.8. The predicted octanol–water partition coefficient (Wildman–Crippen LogP) is 3.77. The molecule has 2 aliphatic heterocycles. The molecule has 1 aromatic carbocycles. The molecular weight excluding hydrogens is 362 g/mol.